The molecular formula is C22H20ClN7O4. The number of nitrogens with one attached hydrogen (secondary N) is 1. The van der Waals surface area contributed by atoms with Crippen LogP contribution in [0.3, 0.4) is 0 Å². The van der Waals surface area contributed by atoms with Crippen LogP contribution in [0.15, 0.2) is 53.9 Å². The smallest absolute Gasteiger partial charge is 0.280 e. The summed E-state index contributed by atoms with van der Waals surface area (Å²) >= 11 is 6.14. The van der Waals surface area contributed by atoms with Crippen LogP contribution in [0.1, 0.15) is 24.0 Å². The molecule has 3 aromatic rings. The van der Waals surface area contributed by atoms with Gasteiger partial charge in [0.05, 0.1) is 12.3 Å². The van der Waals surface area contributed by atoms with E-state index in [0.29, 0.717) is 27.6 Å². The molecule has 0 spiro atoms. The van der Waals surface area contributed by atoms with Crippen LogP contribution in [-0.4, -0.2) is 61.0 Å². The lowest BCUT2D eigenvalue weighted by molar-refractivity contribution is -0.159. The lowest BCUT2D eigenvalue weighted by atomic mass is 9.86. The van der Waals surface area contributed by atoms with E-state index >= 15 is 0 Å². The molecule has 0 bridgehead atoms. The molecule has 2 N–H and O–H groups in total. The molecule has 3 heterocycles. The van der Waals surface area contributed by atoms with Gasteiger partial charge in [-0.25, -0.2) is 9.69 Å². The second-order valence-corrected chi connectivity index (χ2v) is 8.34. The maximum Gasteiger partial charge on any atom is 0.280 e. The summed E-state index contributed by atoms with van der Waals surface area (Å²) in [6.07, 6.45) is 3.21. The van der Waals surface area contributed by atoms with Crippen molar-refractivity contribution in [2.75, 3.05) is 6.61 Å². The summed E-state index contributed by atoms with van der Waals surface area (Å²) in [5.74, 6) is -0.656. The van der Waals surface area contributed by atoms with Gasteiger partial charge in [-0.3, -0.25) is 9.59 Å². The highest BCUT2D eigenvalue weighted by molar-refractivity contribution is 6.30. The number of rotatable bonds is 5. The van der Waals surface area contributed by atoms with Gasteiger partial charge in [0.1, 0.15) is 18.1 Å². The number of para-hydroxylation sites is 1. The first-order chi connectivity index (χ1) is 16.5. The SMILES string of the molecule is O=C(NCc1cc(Cl)ccc1-n1cnnn1)[C@@H]1CC=NN1C(=O)C1(O)CCOc2ccccc21. The topological polar surface area (TPSA) is 135 Å². The molecule has 174 valence electrons. The van der Waals surface area contributed by atoms with Crippen LogP contribution in [0.25, 0.3) is 5.69 Å². The van der Waals surface area contributed by atoms with Crippen molar-refractivity contribution >= 4 is 29.6 Å². The van der Waals surface area contributed by atoms with E-state index in [2.05, 4.69) is 25.9 Å². The van der Waals surface area contributed by atoms with Crippen LogP contribution in [0.5, 0.6) is 5.75 Å². The first-order valence-corrected chi connectivity index (χ1v) is 11.0. The van der Waals surface area contributed by atoms with E-state index in [0.717, 1.165) is 5.01 Å². The Bertz CT molecular complexity index is 1270. The molecule has 2 atom stereocenters. The van der Waals surface area contributed by atoms with Crippen molar-refractivity contribution in [1.29, 1.82) is 0 Å². The summed E-state index contributed by atoms with van der Waals surface area (Å²) in [4.78, 5) is 26.5. The minimum absolute atomic E-state index is 0.0566. The van der Waals surface area contributed by atoms with E-state index in [4.69, 9.17) is 16.3 Å². The first-order valence-electron chi connectivity index (χ1n) is 10.6. The third kappa shape index (κ3) is 3.88. The minimum atomic E-state index is -1.84. The standard InChI is InChI=1S/C22H20ClN7O4/c23-15-5-6-17(29-13-25-27-28-29)14(11-15)12-24-20(31)18-7-9-26-30(18)21(32)22(33)8-10-34-19-4-2-1-3-16(19)22/h1-6,9,11,13,18,33H,7-8,10,12H2,(H,24,31)/t18-,22?/m0/s1. The molecule has 2 aromatic carbocycles. The summed E-state index contributed by atoms with van der Waals surface area (Å²) in [6, 6.07) is 11.1. The highest BCUT2D eigenvalue weighted by Gasteiger charge is 2.48. The van der Waals surface area contributed by atoms with Gasteiger partial charge in [-0.15, -0.1) is 5.10 Å². The number of tetrazole rings is 1. The number of carbonyl (C=O) groups is 2. The Morgan fingerprint density at radius 1 is 1.26 bits per heavy atom. The Hall–Kier alpha value is -3.83. The maximum atomic E-state index is 13.4. The summed E-state index contributed by atoms with van der Waals surface area (Å²) in [5.41, 5.74) is -0.146. The van der Waals surface area contributed by atoms with Gasteiger partial charge >= 0.3 is 0 Å². The molecule has 0 saturated carbocycles. The van der Waals surface area contributed by atoms with E-state index in [1.807, 2.05) is 0 Å². The lowest BCUT2D eigenvalue weighted by Gasteiger charge is -2.36. The van der Waals surface area contributed by atoms with Crippen LogP contribution >= 0.6 is 11.6 Å². The Balaban J connectivity index is 1.33. The van der Waals surface area contributed by atoms with Gasteiger partial charge in [0.2, 0.25) is 5.91 Å². The third-order valence-corrected chi connectivity index (χ3v) is 6.07. The highest BCUT2D eigenvalue weighted by Crippen LogP contribution is 2.39. The van der Waals surface area contributed by atoms with Gasteiger partial charge in [-0.2, -0.15) is 5.10 Å². The number of aliphatic hydroxyl groups is 1. The van der Waals surface area contributed by atoms with Gasteiger partial charge in [-0.1, -0.05) is 29.8 Å². The fraction of sp³-hybridized carbons (Fsp3) is 0.273. The normalized spacial score (nSPS) is 21.1. The number of nitrogens with zero attached hydrogens (tertiary/aromatic N) is 6. The fourth-order valence-electron chi connectivity index (χ4n) is 4.11. The third-order valence-electron chi connectivity index (χ3n) is 5.84. The zero-order valence-corrected chi connectivity index (χ0v) is 18.6. The number of halogens is 1. The molecular weight excluding hydrogens is 462 g/mol. The monoisotopic (exact) mass is 481 g/mol. The van der Waals surface area contributed by atoms with Crippen LogP contribution < -0.4 is 10.1 Å². The Labute approximate surface area is 199 Å². The number of hydrogen-bond acceptors (Lipinski definition) is 8. The van der Waals surface area contributed by atoms with E-state index in [9.17, 15) is 14.7 Å². The van der Waals surface area contributed by atoms with Gasteiger partial charge < -0.3 is 15.2 Å². The summed E-state index contributed by atoms with van der Waals surface area (Å²) in [5, 5.41) is 30.9. The second kappa shape index (κ2) is 8.84. The molecule has 12 heteroatoms. The van der Waals surface area contributed by atoms with Crippen molar-refractivity contribution in [2.45, 2.75) is 31.0 Å². The van der Waals surface area contributed by atoms with E-state index < -0.39 is 23.5 Å². The molecule has 0 saturated heterocycles. The van der Waals surface area contributed by atoms with Crippen LogP contribution in [0, 0.1) is 0 Å². The summed E-state index contributed by atoms with van der Waals surface area (Å²) < 4.78 is 7.03. The number of benzene rings is 2. The average molecular weight is 482 g/mol. The second-order valence-electron chi connectivity index (χ2n) is 7.90. The van der Waals surface area contributed by atoms with E-state index in [1.54, 1.807) is 42.5 Å². The first kappa shape index (κ1) is 22.0. The number of fused-ring (bicyclic) bond motifs is 1. The number of amides is 2. The van der Waals surface area contributed by atoms with Gasteiger partial charge in [0.15, 0.2) is 5.60 Å². The Morgan fingerprint density at radius 3 is 2.94 bits per heavy atom. The summed E-state index contributed by atoms with van der Waals surface area (Å²) in [6.45, 7) is 0.288. The zero-order valence-electron chi connectivity index (χ0n) is 17.8. The molecule has 5 rings (SSSR count). The molecule has 1 unspecified atom stereocenters. The van der Waals surface area contributed by atoms with Crippen molar-refractivity contribution in [3.05, 3.63) is 64.9 Å². The van der Waals surface area contributed by atoms with Crippen LogP contribution in [0.4, 0.5) is 0 Å². The van der Waals surface area contributed by atoms with Crippen molar-refractivity contribution in [2.24, 2.45) is 5.10 Å². The largest absolute Gasteiger partial charge is 0.493 e. The fourth-order valence-corrected chi connectivity index (χ4v) is 4.30. The molecule has 11 nitrogen and oxygen atoms in total. The molecule has 2 amide bonds. The lowest BCUT2D eigenvalue weighted by Crippen LogP contribution is -2.53. The molecule has 34 heavy (non-hydrogen) atoms. The van der Waals surface area contributed by atoms with Crippen molar-refractivity contribution in [1.82, 2.24) is 30.5 Å². The Morgan fingerprint density at radius 2 is 2.12 bits per heavy atom. The molecule has 2 aliphatic rings. The number of carbonyl (C=O) groups excluding carboxylic acids is 2. The highest BCUT2D eigenvalue weighted by atomic mass is 35.5. The predicted octanol–water partition coefficient (Wildman–Crippen LogP) is 1.19. The molecule has 0 radical (unpaired) electrons. The van der Waals surface area contributed by atoms with Crippen molar-refractivity contribution in [3.63, 3.8) is 0 Å². The van der Waals surface area contributed by atoms with Crippen molar-refractivity contribution in [3.8, 4) is 11.4 Å². The van der Waals surface area contributed by atoms with E-state index in [1.165, 1.54) is 17.2 Å². The predicted molar refractivity (Wildman–Crippen MR) is 120 cm³/mol. The van der Waals surface area contributed by atoms with Gasteiger partial charge in [0, 0.05) is 36.2 Å². The maximum absolute atomic E-state index is 13.4. The zero-order chi connectivity index (χ0) is 23.7. The minimum Gasteiger partial charge on any atom is -0.493 e. The van der Waals surface area contributed by atoms with Gasteiger partial charge in [-0.05, 0) is 40.3 Å². The summed E-state index contributed by atoms with van der Waals surface area (Å²) in [7, 11) is 0. The number of aromatic nitrogens is 4. The molecule has 2 aliphatic heterocycles. The number of hydrogen-bond donors (Lipinski definition) is 2. The quantitative estimate of drug-likeness (QED) is 0.558. The Kier molecular flexibility index (Phi) is 5.72. The van der Waals surface area contributed by atoms with Crippen LogP contribution in [0.2, 0.25) is 5.02 Å². The number of ether oxygens (including phenoxy) is 1. The molecule has 1 aromatic heterocycles. The van der Waals surface area contributed by atoms with Crippen molar-refractivity contribution < 1.29 is 19.4 Å². The van der Waals surface area contributed by atoms with E-state index in [-0.39, 0.29) is 26.0 Å². The average Bonchev–Trinajstić information content (AvgIpc) is 3.55. The molecule has 0 fully saturated rings. The molecule has 0 aliphatic carbocycles. The number of hydrazone groups is 1. The van der Waals surface area contributed by atoms with Gasteiger partial charge in [0.25, 0.3) is 5.91 Å². The van der Waals surface area contributed by atoms with Crippen LogP contribution in [-0.2, 0) is 21.7 Å².